The Morgan fingerprint density at radius 1 is 1.50 bits per heavy atom. The Labute approximate surface area is 119 Å². The van der Waals surface area contributed by atoms with Crippen LogP contribution in [-0.2, 0) is 9.84 Å². The van der Waals surface area contributed by atoms with Crippen molar-refractivity contribution in [2.75, 3.05) is 12.9 Å². The van der Waals surface area contributed by atoms with E-state index >= 15 is 0 Å². The van der Waals surface area contributed by atoms with Crippen molar-refractivity contribution in [3.63, 3.8) is 0 Å². The highest BCUT2D eigenvalue weighted by molar-refractivity contribution is 7.90. The van der Waals surface area contributed by atoms with Gasteiger partial charge in [-0.15, -0.1) is 0 Å². The average molecular weight is 299 g/mol. The van der Waals surface area contributed by atoms with E-state index in [0.29, 0.717) is 12.2 Å². The Balaban J connectivity index is 2.11. The van der Waals surface area contributed by atoms with Crippen LogP contribution in [-0.4, -0.2) is 38.0 Å². The number of hydrogen-bond acceptors (Lipinski definition) is 5. The lowest BCUT2D eigenvalue weighted by atomic mass is 9.81. The van der Waals surface area contributed by atoms with Gasteiger partial charge in [-0.1, -0.05) is 6.07 Å². The van der Waals surface area contributed by atoms with E-state index < -0.39 is 15.4 Å². The van der Waals surface area contributed by atoms with Crippen molar-refractivity contribution in [2.24, 2.45) is 5.73 Å². The highest BCUT2D eigenvalue weighted by atomic mass is 32.2. The van der Waals surface area contributed by atoms with Crippen molar-refractivity contribution in [3.05, 3.63) is 24.3 Å². The maximum Gasteiger partial charge on any atom is 0.175 e. The number of benzene rings is 1. The quantitative estimate of drug-likeness (QED) is 0.869. The molecule has 0 aliphatic heterocycles. The van der Waals surface area contributed by atoms with Gasteiger partial charge in [0.1, 0.15) is 11.9 Å². The molecule has 0 radical (unpaired) electrons. The molecule has 0 amide bonds. The third-order valence-corrected chi connectivity index (χ3v) is 4.80. The van der Waals surface area contributed by atoms with Crippen LogP contribution in [0.4, 0.5) is 0 Å². The normalized spacial score (nSPS) is 27.2. The molecule has 2 unspecified atom stereocenters. The number of aliphatic hydroxyl groups is 1. The summed E-state index contributed by atoms with van der Waals surface area (Å²) in [5.74, 6) is 0.528. The monoisotopic (exact) mass is 299 g/mol. The summed E-state index contributed by atoms with van der Waals surface area (Å²) in [5.41, 5.74) is 5.49. The Bertz CT molecular complexity index is 572. The SMILES string of the molecule is CS(=O)(=O)c1cccc(OC2CCCC(N)(CO)C2)c1. The second-order valence-corrected chi connectivity index (χ2v) is 7.62. The maximum absolute atomic E-state index is 11.5. The van der Waals surface area contributed by atoms with Gasteiger partial charge in [0.2, 0.25) is 0 Å². The maximum atomic E-state index is 11.5. The molecule has 2 atom stereocenters. The molecule has 112 valence electrons. The molecule has 1 aromatic carbocycles. The number of sulfone groups is 1. The van der Waals surface area contributed by atoms with E-state index in [4.69, 9.17) is 10.5 Å². The van der Waals surface area contributed by atoms with Gasteiger partial charge < -0.3 is 15.6 Å². The van der Waals surface area contributed by atoms with Crippen molar-refractivity contribution in [2.45, 2.75) is 42.2 Å². The molecule has 1 saturated carbocycles. The van der Waals surface area contributed by atoms with Gasteiger partial charge in [0.15, 0.2) is 9.84 Å². The smallest absolute Gasteiger partial charge is 0.175 e. The van der Waals surface area contributed by atoms with Crippen molar-refractivity contribution < 1.29 is 18.3 Å². The molecule has 0 saturated heterocycles. The molecule has 0 spiro atoms. The zero-order valence-electron chi connectivity index (χ0n) is 11.6. The Kier molecular flexibility index (Phi) is 4.36. The second-order valence-electron chi connectivity index (χ2n) is 5.60. The molecular weight excluding hydrogens is 278 g/mol. The first-order chi connectivity index (χ1) is 9.32. The van der Waals surface area contributed by atoms with Crippen LogP contribution in [0.3, 0.4) is 0 Å². The molecule has 1 aliphatic carbocycles. The van der Waals surface area contributed by atoms with E-state index in [-0.39, 0.29) is 17.6 Å². The summed E-state index contributed by atoms with van der Waals surface area (Å²) >= 11 is 0. The number of rotatable bonds is 4. The summed E-state index contributed by atoms with van der Waals surface area (Å²) in [7, 11) is -3.24. The topological polar surface area (TPSA) is 89.6 Å². The van der Waals surface area contributed by atoms with E-state index in [9.17, 15) is 13.5 Å². The molecule has 2 rings (SSSR count). The number of ether oxygens (including phenoxy) is 1. The molecule has 1 aliphatic rings. The highest BCUT2D eigenvalue weighted by Gasteiger charge is 2.33. The van der Waals surface area contributed by atoms with Crippen LogP contribution >= 0.6 is 0 Å². The summed E-state index contributed by atoms with van der Waals surface area (Å²) < 4.78 is 28.9. The van der Waals surface area contributed by atoms with E-state index in [2.05, 4.69) is 0 Å². The van der Waals surface area contributed by atoms with Gasteiger partial charge in [0.25, 0.3) is 0 Å². The zero-order valence-corrected chi connectivity index (χ0v) is 12.4. The van der Waals surface area contributed by atoms with Gasteiger partial charge >= 0.3 is 0 Å². The number of aliphatic hydroxyl groups excluding tert-OH is 1. The van der Waals surface area contributed by atoms with Crippen LogP contribution in [0.5, 0.6) is 5.75 Å². The minimum absolute atomic E-state index is 0.0593. The fourth-order valence-corrected chi connectivity index (χ4v) is 3.21. The third kappa shape index (κ3) is 3.71. The summed E-state index contributed by atoms with van der Waals surface area (Å²) in [6.07, 6.45) is 4.20. The van der Waals surface area contributed by atoms with Gasteiger partial charge in [-0.3, -0.25) is 0 Å². The molecule has 1 fully saturated rings. The molecular formula is C14H21NO4S. The lowest BCUT2D eigenvalue weighted by Crippen LogP contribution is -2.50. The predicted octanol–water partition coefficient (Wildman–Crippen LogP) is 1.10. The van der Waals surface area contributed by atoms with Crippen LogP contribution < -0.4 is 10.5 Å². The molecule has 0 heterocycles. The minimum atomic E-state index is -3.24. The molecule has 1 aromatic rings. The third-order valence-electron chi connectivity index (χ3n) is 3.69. The predicted molar refractivity (Wildman–Crippen MR) is 76.4 cm³/mol. The lowest BCUT2D eigenvalue weighted by Gasteiger charge is -2.36. The summed E-state index contributed by atoms with van der Waals surface area (Å²) in [5, 5.41) is 9.33. The summed E-state index contributed by atoms with van der Waals surface area (Å²) in [4.78, 5) is 0.243. The van der Waals surface area contributed by atoms with Crippen molar-refractivity contribution in [1.82, 2.24) is 0 Å². The zero-order chi connectivity index (χ0) is 14.8. The molecule has 0 bridgehead atoms. The summed E-state index contributed by atoms with van der Waals surface area (Å²) in [6, 6.07) is 6.47. The molecule has 0 aromatic heterocycles. The first-order valence-electron chi connectivity index (χ1n) is 6.69. The number of nitrogens with two attached hydrogens (primary N) is 1. The first-order valence-corrected chi connectivity index (χ1v) is 8.58. The Morgan fingerprint density at radius 2 is 2.25 bits per heavy atom. The van der Waals surface area contributed by atoms with Crippen LogP contribution in [0.25, 0.3) is 0 Å². The molecule has 3 N–H and O–H groups in total. The molecule has 5 nitrogen and oxygen atoms in total. The largest absolute Gasteiger partial charge is 0.490 e. The highest BCUT2D eigenvalue weighted by Crippen LogP contribution is 2.29. The van der Waals surface area contributed by atoms with Crippen molar-refractivity contribution >= 4 is 9.84 Å². The Morgan fingerprint density at radius 3 is 2.90 bits per heavy atom. The molecule has 20 heavy (non-hydrogen) atoms. The van der Waals surface area contributed by atoms with Gasteiger partial charge in [0.05, 0.1) is 11.5 Å². The van der Waals surface area contributed by atoms with E-state index in [1.165, 1.54) is 12.3 Å². The van der Waals surface area contributed by atoms with Gasteiger partial charge in [0, 0.05) is 18.2 Å². The lowest BCUT2D eigenvalue weighted by molar-refractivity contribution is 0.0727. The fraction of sp³-hybridized carbons (Fsp3) is 0.571. The Hall–Kier alpha value is -1.11. The standard InChI is InChI=1S/C14H21NO4S/c1-20(17,18)13-6-2-4-11(8-13)19-12-5-3-7-14(15,9-12)10-16/h2,4,6,8,12,16H,3,5,7,9-10,15H2,1H3. The second kappa shape index (κ2) is 5.71. The van der Waals surface area contributed by atoms with Crippen LogP contribution in [0.15, 0.2) is 29.2 Å². The van der Waals surface area contributed by atoms with E-state index in [0.717, 1.165) is 19.3 Å². The van der Waals surface area contributed by atoms with Crippen LogP contribution in [0.1, 0.15) is 25.7 Å². The minimum Gasteiger partial charge on any atom is -0.490 e. The fourth-order valence-electron chi connectivity index (χ4n) is 2.55. The average Bonchev–Trinajstić information content (AvgIpc) is 2.38. The van der Waals surface area contributed by atoms with Crippen LogP contribution in [0.2, 0.25) is 0 Å². The van der Waals surface area contributed by atoms with Crippen molar-refractivity contribution in [1.29, 1.82) is 0 Å². The van der Waals surface area contributed by atoms with Crippen molar-refractivity contribution in [3.8, 4) is 5.75 Å². The van der Waals surface area contributed by atoms with Gasteiger partial charge in [-0.2, -0.15) is 0 Å². The van der Waals surface area contributed by atoms with Crippen LogP contribution in [0, 0.1) is 0 Å². The van der Waals surface area contributed by atoms with E-state index in [1.807, 2.05) is 0 Å². The number of hydrogen-bond donors (Lipinski definition) is 2. The summed E-state index contributed by atoms with van der Waals surface area (Å²) in [6.45, 7) is -0.0593. The first kappa shape index (κ1) is 15.3. The van der Waals surface area contributed by atoms with Gasteiger partial charge in [-0.25, -0.2) is 8.42 Å². The molecule has 6 heteroatoms. The van der Waals surface area contributed by atoms with E-state index in [1.54, 1.807) is 18.2 Å². The van der Waals surface area contributed by atoms with Gasteiger partial charge in [-0.05, 0) is 37.5 Å².